The maximum atomic E-state index is 14.1. The molecular formula is C31H25N3O. The van der Waals surface area contributed by atoms with Crippen LogP contribution in [-0.4, -0.2) is 27.5 Å². The highest BCUT2D eigenvalue weighted by molar-refractivity contribution is 6.14. The summed E-state index contributed by atoms with van der Waals surface area (Å²) in [6, 6.07) is 33.0. The van der Waals surface area contributed by atoms with Gasteiger partial charge in [0.2, 0.25) is 0 Å². The van der Waals surface area contributed by atoms with Crippen LogP contribution in [0, 0.1) is 0 Å². The van der Waals surface area contributed by atoms with E-state index in [4.69, 9.17) is 4.99 Å². The minimum atomic E-state index is -0.629. The van der Waals surface area contributed by atoms with Crippen LogP contribution in [0.15, 0.2) is 133 Å². The van der Waals surface area contributed by atoms with E-state index in [0.717, 1.165) is 27.7 Å². The standard InChI is InChI=1S/C31H25N3O/c1-2-26(34-30(22-13-5-3-6-14-22)23-15-7-4-8-16-23)29(28-19-11-12-20-32-28)31(35)25-21-33-27-18-10-9-17-24(25)27/h2-21,26,29,33H,1H2/t26-,29-/m0/s1. The molecule has 0 radical (unpaired) electrons. The molecule has 2 aromatic heterocycles. The van der Waals surface area contributed by atoms with Gasteiger partial charge in [0.05, 0.1) is 23.4 Å². The lowest BCUT2D eigenvalue weighted by Gasteiger charge is -2.22. The van der Waals surface area contributed by atoms with Gasteiger partial charge in [0, 0.05) is 40.0 Å². The quantitative estimate of drug-likeness (QED) is 0.162. The molecule has 0 saturated heterocycles. The fourth-order valence-electron chi connectivity index (χ4n) is 4.39. The lowest BCUT2D eigenvalue weighted by molar-refractivity contribution is 0.0954. The molecule has 0 unspecified atom stereocenters. The molecule has 0 aliphatic carbocycles. The van der Waals surface area contributed by atoms with E-state index in [1.165, 1.54) is 0 Å². The maximum absolute atomic E-state index is 14.1. The van der Waals surface area contributed by atoms with E-state index in [2.05, 4.69) is 16.5 Å². The Kier molecular flexibility index (Phi) is 6.44. The van der Waals surface area contributed by atoms with E-state index in [9.17, 15) is 4.79 Å². The lowest BCUT2D eigenvalue weighted by Crippen LogP contribution is -2.26. The van der Waals surface area contributed by atoms with Crippen molar-refractivity contribution in [2.24, 2.45) is 4.99 Å². The third kappa shape index (κ3) is 4.59. The van der Waals surface area contributed by atoms with Crippen LogP contribution in [0.2, 0.25) is 0 Å². The molecule has 0 spiro atoms. The molecule has 5 aromatic rings. The van der Waals surface area contributed by atoms with Crippen molar-refractivity contribution in [3.63, 3.8) is 0 Å². The van der Waals surface area contributed by atoms with Gasteiger partial charge in [0.25, 0.3) is 0 Å². The second kappa shape index (κ2) is 10.1. The molecule has 0 saturated carbocycles. The zero-order valence-corrected chi connectivity index (χ0v) is 19.2. The van der Waals surface area contributed by atoms with Crippen molar-refractivity contribution in [3.05, 3.63) is 151 Å². The van der Waals surface area contributed by atoms with Crippen LogP contribution in [0.5, 0.6) is 0 Å². The number of hydrogen-bond donors (Lipinski definition) is 1. The van der Waals surface area contributed by atoms with Gasteiger partial charge < -0.3 is 4.98 Å². The average Bonchev–Trinajstić information content (AvgIpc) is 3.36. The van der Waals surface area contributed by atoms with E-state index in [-0.39, 0.29) is 5.78 Å². The van der Waals surface area contributed by atoms with Crippen molar-refractivity contribution in [3.8, 4) is 0 Å². The molecule has 35 heavy (non-hydrogen) atoms. The summed E-state index contributed by atoms with van der Waals surface area (Å²) in [5.41, 5.74) is 4.97. The van der Waals surface area contributed by atoms with Gasteiger partial charge in [-0.15, -0.1) is 6.58 Å². The summed E-state index contributed by atoms with van der Waals surface area (Å²) in [6.45, 7) is 4.08. The van der Waals surface area contributed by atoms with Gasteiger partial charge in [0.15, 0.2) is 5.78 Å². The van der Waals surface area contributed by atoms with Crippen molar-refractivity contribution < 1.29 is 4.79 Å². The number of Topliss-reactive ketones (excluding diaryl/α,β-unsaturated/α-hetero) is 1. The van der Waals surface area contributed by atoms with E-state index in [1.54, 1.807) is 18.5 Å². The molecule has 2 heterocycles. The minimum absolute atomic E-state index is 0.0460. The Morgan fingerprint density at radius 2 is 1.46 bits per heavy atom. The topological polar surface area (TPSA) is 58.1 Å². The van der Waals surface area contributed by atoms with Crippen LogP contribution in [0.3, 0.4) is 0 Å². The van der Waals surface area contributed by atoms with E-state index >= 15 is 0 Å². The van der Waals surface area contributed by atoms with Crippen LogP contribution in [-0.2, 0) is 0 Å². The molecule has 0 amide bonds. The first-order chi connectivity index (χ1) is 17.3. The Labute approximate surface area is 204 Å². The number of fused-ring (bicyclic) bond motifs is 1. The summed E-state index contributed by atoms with van der Waals surface area (Å²) >= 11 is 0. The molecule has 4 heteroatoms. The second-order valence-corrected chi connectivity index (χ2v) is 8.28. The Morgan fingerprint density at radius 3 is 2.09 bits per heavy atom. The average molecular weight is 456 g/mol. The second-order valence-electron chi connectivity index (χ2n) is 8.28. The summed E-state index contributed by atoms with van der Waals surface area (Å²) in [5, 5.41) is 0.886. The summed E-state index contributed by atoms with van der Waals surface area (Å²) in [6.07, 6.45) is 5.24. The van der Waals surface area contributed by atoms with Crippen molar-refractivity contribution in [2.75, 3.05) is 0 Å². The molecule has 2 atom stereocenters. The lowest BCUT2D eigenvalue weighted by atomic mass is 9.87. The van der Waals surface area contributed by atoms with Gasteiger partial charge in [-0.1, -0.05) is 91.0 Å². The third-order valence-corrected chi connectivity index (χ3v) is 6.10. The molecule has 0 bridgehead atoms. The fourth-order valence-corrected chi connectivity index (χ4v) is 4.39. The predicted octanol–water partition coefficient (Wildman–Crippen LogP) is 6.62. The number of aliphatic imine (C=N–C) groups is 1. The number of para-hydroxylation sites is 1. The Bertz CT molecular complexity index is 1430. The van der Waals surface area contributed by atoms with E-state index in [0.29, 0.717) is 11.3 Å². The number of nitrogens with one attached hydrogen (secondary N) is 1. The number of H-pyrrole nitrogens is 1. The van der Waals surface area contributed by atoms with Crippen LogP contribution in [0.1, 0.15) is 33.1 Å². The molecule has 3 aromatic carbocycles. The van der Waals surface area contributed by atoms with Crippen molar-refractivity contribution >= 4 is 22.4 Å². The summed E-state index contributed by atoms with van der Waals surface area (Å²) in [7, 11) is 0. The molecule has 5 rings (SSSR count). The minimum Gasteiger partial charge on any atom is -0.360 e. The number of aromatic amines is 1. The Morgan fingerprint density at radius 1 is 0.829 bits per heavy atom. The highest BCUT2D eigenvalue weighted by Gasteiger charge is 2.32. The monoisotopic (exact) mass is 455 g/mol. The number of benzene rings is 3. The molecule has 0 aliphatic heterocycles. The summed E-state index contributed by atoms with van der Waals surface area (Å²) < 4.78 is 0. The summed E-state index contributed by atoms with van der Waals surface area (Å²) in [4.78, 5) is 27.0. The smallest absolute Gasteiger partial charge is 0.176 e. The van der Waals surface area contributed by atoms with Crippen LogP contribution < -0.4 is 0 Å². The predicted molar refractivity (Wildman–Crippen MR) is 142 cm³/mol. The number of nitrogens with zero attached hydrogens (tertiary/aromatic N) is 2. The Balaban J connectivity index is 1.66. The number of ketones is 1. The first-order valence-corrected chi connectivity index (χ1v) is 11.6. The number of aromatic nitrogens is 2. The van der Waals surface area contributed by atoms with Gasteiger partial charge in [-0.2, -0.15) is 0 Å². The zero-order valence-electron chi connectivity index (χ0n) is 19.2. The van der Waals surface area contributed by atoms with Gasteiger partial charge in [-0.3, -0.25) is 14.8 Å². The van der Waals surface area contributed by atoms with E-state index < -0.39 is 12.0 Å². The number of pyridine rings is 1. The highest BCUT2D eigenvalue weighted by Crippen LogP contribution is 2.30. The van der Waals surface area contributed by atoms with Crippen molar-refractivity contribution in [1.82, 2.24) is 9.97 Å². The zero-order chi connectivity index (χ0) is 24.0. The molecular weight excluding hydrogens is 430 g/mol. The first-order valence-electron chi connectivity index (χ1n) is 11.6. The molecule has 170 valence electrons. The van der Waals surface area contributed by atoms with Crippen LogP contribution in [0.25, 0.3) is 10.9 Å². The van der Waals surface area contributed by atoms with Gasteiger partial charge in [-0.25, -0.2) is 0 Å². The molecule has 1 N–H and O–H groups in total. The number of rotatable bonds is 8. The molecule has 0 fully saturated rings. The van der Waals surface area contributed by atoms with Gasteiger partial charge in [0.1, 0.15) is 0 Å². The first kappa shape index (κ1) is 22.2. The summed E-state index contributed by atoms with van der Waals surface area (Å²) in [5.74, 6) is -0.675. The molecule has 0 aliphatic rings. The Hall–Kier alpha value is -4.57. The number of hydrogen-bond acceptors (Lipinski definition) is 3. The normalized spacial score (nSPS) is 12.6. The van der Waals surface area contributed by atoms with Crippen molar-refractivity contribution in [2.45, 2.75) is 12.0 Å². The molecule has 4 nitrogen and oxygen atoms in total. The highest BCUT2D eigenvalue weighted by atomic mass is 16.1. The fraction of sp³-hybridized carbons (Fsp3) is 0.0645. The van der Waals surface area contributed by atoms with Gasteiger partial charge >= 0.3 is 0 Å². The van der Waals surface area contributed by atoms with Crippen molar-refractivity contribution in [1.29, 1.82) is 0 Å². The SMILES string of the molecule is C=C[C@H](N=C(c1ccccc1)c1ccccc1)[C@H](C(=O)c1c[nH]c2ccccc12)c1ccccn1. The number of carbonyl (C=O) groups excluding carboxylic acids is 1. The van der Waals surface area contributed by atoms with Crippen LogP contribution >= 0.6 is 0 Å². The maximum Gasteiger partial charge on any atom is 0.176 e. The van der Waals surface area contributed by atoms with E-state index in [1.807, 2.05) is 103 Å². The van der Waals surface area contributed by atoms with Crippen LogP contribution in [0.4, 0.5) is 0 Å². The third-order valence-electron chi connectivity index (χ3n) is 6.10. The van der Waals surface area contributed by atoms with Gasteiger partial charge in [-0.05, 0) is 18.2 Å². The number of carbonyl (C=O) groups is 1. The largest absolute Gasteiger partial charge is 0.360 e.